The molecular formula is C13H20N2O3S2. The van der Waals surface area contributed by atoms with Gasteiger partial charge < -0.3 is 5.32 Å². The SMILES string of the molecule is CCNS(=O)(=O)CCNC(=O)C(S)Cc1ccccc1. The Hall–Kier alpha value is -1.05. The molecule has 0 heterocycles. The number of benzene rings is 1. The fraction of sp³-hybridized carbons (Fsp3) is 0.462. The average molecular weight is 316 g/mol. The van der Waals surface area contributed by atoms with Crippen molar-refractivity contribution in [3.63, 3.8) is 0 Å². The molecule has 1 aromatic carbocycles. The van der Waals surface area contributed by atoms with E-state index in [0.29, 0.717) is 13.0 Å². The van der Waals surface area contributed by atoms with Crippen LogP contribution in [0.4, 0.5) is 0 Å². The second-order valence-corrected chi connectivity index (χ2v) is 6.86. The summed E-state index contributed by atoms with van der Waals surface area (Å²) >= 11 is 4.25. The number of hydrogen-bond donors (Lipinski definition) is 3. The molecule has 0 fully saturated rings. The molecule has 0 bridgehead atoms. The molecule has 0 aliphatic rings. The van der Waals surface area contributed by atoms with Crippen molar-refractivity contribution in [3.8, 4) is 0 Å². The predicted octanol–water partition coefficient (Wildman–Crippen LogP) is 0.583. The number of nitrogens with one attached hydrogen (secondary N) is 2. The van der Waals surface area contributed by atoms with Gasteiger partial charge in [-0.05, 0) is 12.0 Å². The number of thiol groups is 1. The fourth-order valence-corrected chi connectivity index (χ4v) is 2.91. The lowest BCUT2D eigenvalue weighted by Gasteiger charge is -2.12. The molecule has 5 nitrogen and oxygen atoms in total. The highest BCUT2D eigenvalue weighted by molar-refractivity contribution is 7.89. The van der Waals surface area contributed by atoms with Gasteiger partial charge in [-0.2, -0.15) is 12.6 Å². The average Bonchev–Trinajstić information content (AvgIpc) is 2.39. The van der Waals surface area contributed by atoms with Crippen molar-refractivity contribution < 1.29 is 13.2 Å². The highest BCUT2D eigenvalue weighted by Gasteiger charge is 2.15. The first-order valence-corrected chi connectivity index (χ1v) is 8.58. The van der Waals surface area contributed by atoms with Gasteiger partial charge >= 0.3 is 0 Å². The zero-order valence-electron chi connectivity index (χ0n) is 11.4. The van der Waals surface area contributed by atoms with Crippen molar-refractivity contribution in [2.45, 2.75) is 18.6 Å². The van der Waals surface area contributed by atoms with E-state index in [2.05, 4.69) is 22.7 Å². The molecule has 0 spiro atoms. The predicted molar refractivity (Wildman–Crippen MR) is 83.4 cm³/mol. The van der Waals surface area contributed by atoms with Crippen LogP contribution in [0.15, 0.2) is 30.3 Å². The Bertz CT molecular complexity index is 518. The highest BCUT2D eigenvalue weighted by atomic mass is 32.2. The zero-order chi connectivity index (χ0) is 15.0. The van der Waals surface area contributed by atoms with Crippen LogP contribution < -0.4 is 10.0 Å². The molecule has 1 unspecified atom stereocenters. The van der Waals surface area contributed by atoms with Gasteiger partial charge in [-0.15, -0.1) is 0 Å². The second kappa shape index (κ2) is 8.28. The normalized spacial score (nSPS) is 12.9. The van der Waals surface area contributed by atoms with Gasteiger partial charge in [0.05, 0.1) is 11.0 Å². The van der Waals surface area contributed by atoms with Crippen LogP contribution >= 0.6 is 12.6 Å². The monoisotopic (exact) mass is 316 g/mol. The van der Waals surface area contributed by atoms with Gasteiger partial charge in [0.25, 0.3) is 0 Å². The van der Waals surface area contributed by atoms with Crippen LogP contribution in [-0.4, -0.2) is 38.4 Å². The van der Waals surface area contributed by atoms with Crippen LogP contribution in [0.1, 0.15) is 12.5 Å². The van der Waals surface area contributed by atoms with E-state index in [1.165, 1.54) is 0 Å². The summed E-state index contributed by atoms with van der Waals surface area (Å²) in [7, 11) is -3.30. The zero-order valence-corrected chi connectivity index (χ0v) is 13.1. The van der Waals surface area contributed by atoms with Crippen molar-refractivity contribution in [1.82, 2.24) is 10.0 Å². The van der Waals surface area contributed by atoms with Gasteiger partial charge in [0.2, 0.25) is 15.9 Å². The minimum Gasteiger partial charge on any atom is -0.354 e. The molecule has 1 amide bonds. The summed E-state index contributed by atoms with van der Waals surface area (Å²) < 4.78 is 25.1. The molecule has 0 saturated heterocycles. The smallest absolute Gasteiger partial charge is 0.233 e. The summed E-state index contributed by atoms with van der Waals surface area (Å²) in [5.41, 5.74) is 1.02. The van der Waals surface area contributed by atoms with E-state index in [1.54, 1.807) is 6.92 Å². The Balaban J connectivity index is 2.36. The van der Waals surface area contributed by atoms with Gasteiger partial charge in [0, 0.05) is 13.1 Å². The maximum Gasteiger partial charge on any atom is 0.233 e. The second-order valence-electron chi connectivity index (χ2n) is 4.31. The molecule has 2 N–H and O–H groups in total. The van der Waals surface area contributed by atoms with Crippen molar-refractivity contribution in [1.29, 1.82) is 0 Å². The van der Waals surface area contributed by atoms with Crippen LogP contribution in [0.25, 0.3) is 0 Å². The van der Waals surface area contributed by atoms with Gasteiger partial charge in [-0.25, -0.2) is 13.1 Å². The first-order valence-electron chi connectivity index (χ1n) is 6.41. The molecule has 0 aromatic heterocycles. The molecule has 1 rings (SSSR count). The van der Waals surface area contributed by atoms with E-state index in [1.807, 2.05) is 30.3 Å². The molecule has 112 valence electrons. The Kier molecular flexibility index (Phi) is 7.04. The summed E-state index contributed by atoms with van der Waals surface area (Å²) in [5, 5.41) is 2.10. The maximum absolute atomic E-state index is 11.8. The Morgan fingerprint density at radius 1 is 1.30 bits per heavy atom. The number of amides is 1. The number of hydrogen-bond acceptors (Lipinski definition) is 4. The summed E-state index contributed by atoms with van der Waals surface area (Å²) in [6.07, 6.45) is 0.510. The van der Waals surface area contributed by atoms with Gasteiger partial charge in [0.1, 0.15) is 0 Å². The standard InChI is InChI=1S/C13H20N2O3S2/c1-2-15-20(17,18)9-8-14-13(16)12(19)10-11-6-4-3-5-7-11/h3-7,12,15,19H,2,8-10H2,1H3,(H,14,16). The minimum absolute atomic E-state index is 0.0833. The lowest BCUT2D eigenvalue weighted by atomic mass is 10.1. The van der Waals surface area contributed by atoms with Gasteiger partial charge in [-0.3, -0.25) is 4.79 Å². The summed E-state index contributed by atoms with van der Waals surface area (Å²) in [4.78, 5) is 11.8. The molecule has 0 aliphatic heterocycles. The van der Waals surface area contributed by atoms with E-state index in [-0.39, 0.29) is 18.2 Å². The molecular weight excluding hydrogens is 296 g/mol. The Morgan fingerprint density at radius 3 is 2.55 bits per heavy atom. The lowest BCUT2D eigenvalue weighted by molar-refractivity contribution is -0.120. The molecule has 1 atom stereocenters. The van der Waals surface area contributed by atoms with Crippen molar-refractivity contribution in [3.05, 3.63) is 35.9 Å². The molecule has 7 heteroatoms. The topological polar surface area (TPSA) is 75.3 Å². The maximum atomic E-state index is 11.8. The number of sulfonamides is 1. The van der Waals surface area contributed by atoms with E-state index in [9.17, 15) is 13.2 Å². The van der Waals surface area contributed by atoms with E-state index in [0.717, 1.165) is 5.56 Å². The third-order valence-corrected chi connectivity index (χ3v) is 4.50. The first kappa shape index (κ1) is 17.0. The van der Waals surface area contributed by atoms with Gasteiger partial charge in [0.15, 0.2) is 0 Å². The van der Waals surface area contributed by atoms with Crippen LogP contribution in [0.3, 0.4) is 0 Å². The third kappa shape index (κ3) is 6.40. The summed E-state index contributed by atoms with van der Waals surface area (Å²) in [6.45, 7) is 2.14. The van der Waals surface area contributed by atoms with E-state index in [4.69, 9.17) is 0 Å². The summed E-state index contributed by atoms with van der Waals surface area (Å²) in [6, 6.07) is 9.55. The van der Waals surface area contributed by atoms with Crippen molar-refractivity contribution >= 4 is 28.6 Å². The van der Waals surface area contributed by atoms with Crippen LogP contribution in [-0.2, 0) is 21.2 Å². The van der Waals surface area contributed by atoms with Crippen LogP contribution in [0.5, 0.6) is 0 Å². The third-order valence-electron chi connectivity index (χ3n) is 2.61. The van der Waals surface area contributed by atoms with Crippen molar-refractivity contribution in [2.24, 2.45) is 0 Å². The fourth-order valence-electron chi connectivity index (χ4n) is 1.65. The Morgan fingerprint density at radius 2 is 1.95 bits per heavy atom. The number of rotatable bonds is 8. The molecule has 20 heavy (non-hydrogen) atoms. The number of carbonyl (C=O) groups excluding carboxylic acids is 1. The lowest BCUT2D eigenvalue weighted by Crippen LogP contribution is -2.38. The van der Waals surface area contributed by atoms with E-state index < -0.39 is 15.3 Å². The summed E-state index contributed by atoms with van der Waals surface area (Å²) in [5.74, 6) is -0.387. The molecule has 1 aromatic rings. The molecule has 0 radical (unpaired) electrons. The quantitative estimate of drug-likeness (QED) is 0.614. The largest absolute Gasteiger partial charge is 0.354 e. The first-order chi connectivity index (χ1) is 9.44. The minimum atomic E-state index is -3.30. The highest BCUT2D eigenvalue weighted by Crippen LogP contribution is 2.07. The molecule has 0 aliphatic carbocycles. The van der Waals surface area contributed by atoms with Crippen molar-refractivity contribution in [2.75, 3.05) is 18.8 Å². The van der Waals surface area contributed by atoms with E-state index >= 15 is 0 Å². The Labute approximate surface area is 125 Å². The van der Waals surface area contributed by atoms with Crippen LogP contribution in [0, 0.1) is 0 Å². The number of carbonyl (C=O) groups is 1. The molecule has 0 saturated carbocycles. The van der Waals surface area contributed by atoms with Crippen LogP contribution in [0.2, 0.25) is 0 Å². The van der Waals surface area contributed by atoms with Gasteiger partial charge in [-0.1, -0.05) is 37.3 Å².